The van der Waals surface area contributed by atoms with Crippen LogP contribution in [0.5, 0.6) is 0 Å². The summed E-state index contributed by atoms with van der Waals surface area (Å²) in [6, 6.07) is 7.50. The van der Waals surface area contributed by atoms with Crippen molar-refractivity contribution < 1.29 is 9.18 Å². The van der Waals surface area contributed by atoms with E-state index < -0.39 is 5.82 Å². The molecule has 0 fully saturated rings. The lowest BCUT2D eigenvalue weighted by Gasteiger charge is -2.03. The van der Waals surface area contributed by atoms with Crippen LogP contribution >= 0.6 is 0 Å². The number of rotatable bonds is 4. The molecule has 0 saturated heterocycles. The van der Waals surface area contributed by atoms with Gasteiger partial charge in [-0.3, -0.25) is 9.48 Å². The number of nitrogens with zero attached hydrogens (tertiary/aromatic N) is 2. The number of halogens is 1. The molecule has 2 aromatic rings. The third-order valence-corrected chi connectivity index (χ3v) is 2.81. The Morgan fingerprint density at radius 1 is 1.33 bits per heavy atom. The highest BCUT2D eigenvalue weighted by molar-refractivity contribution is 6.07. The van der Waals surface area contributed by atoms with Gasteiger partial charge in [0.2, 0.25) is 5.78 Å². The molecule has 0 atom stereocenters. The van der Waals surface area contributed by atoms with E-state index in [9.17, 15) is 9.18 Å². The Bertz CT molecular complexity index is 575. The van der Waals surface area contributed by atoms with Gasteiger partial charge in [-0.1, -0.05) is 19.1 Å². The zero-order valence-corrected chi connectivity index (χ0v) is 10.5. The molecule has 0 saturated carbocycles. The molecule has 94 valence electrons. The van der Waals surface area contributed by atoms with E-state index in [-0.39, 0.29) is 5.78 Å². The van der Waals surface area contributed by atoms with Crippen LogP contribution in [-0.4, -0.2) is 15.6 Å². The standard InChI is InChI=1S/C14H15FN2O/c1-3-12-9-13(17(4-2)16-12)14(18)10-6-5-7-11(15)8-10/h5-9H,3-4H2,1-2H3. The monoisotopic (exact) mass is 246 g/mol. The maximum atomic E-state index is 13.1. The summed E-state index contributed by atoms with van der Waals surface area (Å²) >= 11 is 0. The maximum absolute atomic E-state index is 13.1. The summed E-state index contributed by atoms with van der Waals surface area (Å²) in [4.78, 5) is 12.3. The van der Waals surface area contributed by atoms with E-state index in [0.29, 0.717) is 17.8 Å². The van der Waals surface area contributed by atoms with Gasteiger partial charge in [0.25, 0.3) is 0 Å². The Morgan fingerprint density at radius 3 is 2.72 bits per heavy atom. The predicted octanol–water partition coefficient (Wildman–Crippen LogP) is 2.84. The number of carbonyl (C=O) groups excluding carboxylic acids is 1. The number of hydrogen-bond donors (Lipinski definition) is 0. The Hall–Kier alpha value is -1.97. The van der Waals surface area contributed by atoms with Crippen LogP contribution in [0.4, 0.5) is 4.39 Å². The Balaban J connectivity index is 2.42. The fourth-order valence-electron chi connectivity index (χ4n) is 1.84. The number of benzene rings is 1. The lowest BCUT2D eigenvalue weighted by Crippen LogP contribution is -2.10. The lowest BCUT2D eigenvalue weighted by atomic mass is 10.1. The topological polar surface area (TPSA) is 34.9 Å². The molecule has 3 nitrogen and oxygen atoms in total. The van der Waals surface area contributed by atoms with Crippen LogP contribution in [0.25, 0.3) is 0 Å². The highest BCUT2D eigenvalue weighted by Gasteiger charge is 2.16. The average molecular weight is 246 g/mol. The molecule has 0 spiro atoms. The van der Waals surface area contributed by atoms with Crippen molar-refractivity contribution in [3.8, 4) is 0 Å². The molecular formula is C14H15FN2O. The molecule has 18 heavy (non-hydrogen) atoms. The molecule has 0 unspecified atom stereocenters. The molecule has 0 aliphatic heterocycles. The lowest BCUT2D eigenvalue weighted by molar-refractivity contribution is 0.102. The fraction of sp³-hybridized carbons (Fsp3) is 0.286. The van der Waals surface area contributed by atoms with Crippen LogP contribution in [-0.2, 0) is 13.0 Å². The van der Waals surface area contributed by atoms with Crippen LogP contribution < -0.4 is 0 Å². The summed E-state index contributed by atoms with van der Waals surface area (Å²) < 4.78 is 14.8. The number of hydrogen-bond acceptors (Lipinski definition) is 2. The van der Waals surface area contributed by atoms with Crippen molar-refractivity contribution in [1.82, 2.24) is 9.78 Å². The SMILES string of the molecule is CCc1cc(C(=O)c2cccc(F)c2)n(CC)n1. The number of aryl methyl sites for hydroxylation is 2. The second-order valence-corrected chi connectivity index (χ2v) is 4.03. The summed E-state index contributed by atoms with van der Waals surface area (Å²) in [7, 11) is 0. The fourth-order valence-corrected chi connectivity index (χ4v) is 1.84. The van der Waals surface area contributed by atoms with E-state index in [1.807, 2.05) is 13.8 Å². The van der Waals surface area contributed by atoms with Crippen LogP contribution in [0.1, 0.15) is 35.6 Å². The van der Waals surface area contributed by atoms with Crippen LogP contribution in [0.15, 0.2) is 30.3 Å². The zero-order valence-electron chi connectivity index (χ0n) is 10.5. The smallest absolute Gasteiger partial charge is 0.211 e. The normalized spacial score (nSPS) is 10.6. The van der Waals surface area contributed by atoms with Crippen molar-refractivity contribution >= 4 is 5.78 Å². The van der Waals surface area contributed by atoms with Gasteiger partial charge in [-0.2, -0.15) is 5.10 Å². The number of ketones is 1. The Kier molecular flexibility index (Phi) is 3.55. The third kappa shape index (κ3) is 2.32. The quantitative estimate of drug-likeness (QED) is 0.777. The van der Waals surface area contributed by atoms with E-state index >= 15 is 0 Å². The number of carbonyl (C=O) groups is 1. The highest BCUT2D eigenvalue weighted by atomic mass is 19.1. The molecule has 4 heteroatoms. The summed E-state index contributed by atoms with van der Waals surface area (Å²) in [5.41, 5.74) is 1.74. The van der Waals surface area contributed by atoms with Gasteiger partial charge in [-0.05, 0) is 31.5 Å². The van der Waals surface area contributed by atoms with Crippen LogP contribution in [0.2, 0.25) is 0 Å². The van der Waals surface area contributed by atoms with Crippen molar-refractivity contribution in [3.63, 3.8) is 0 Å². The molecule has 0 radical (unpaired) electrons. The first-order valence-corrected chi connectivity index (χ1v) is 6.02. The van der Waals surface area contributed by atoms with Gasteiger partial charge in [-0.15, -0.1) is 0 Å². The zero-order chi connectivity index (χ0) is 13.1. The van der Waals surface area contributed by atoms with E-state index in [4.69, 9.17) is 0 Å². The van der Waals surface area contributed by atoms with Crippen molar-refractivity contribution in [1.29, 1.82) is 0 Å². The molecule has 1 aromatic heterocycles. The van der Waals surface area contributed by atoms with Crippen molar-refractivity contribution in [2.24, 2.45) is 0 Å². The van der Waals surface area contributed by atoms with E-state index in [1.165, 1.54) is 18.2 Å². The van der Waals surface area contributed by atoms with Gasteiger partial charge in [-0.25, -0.2) is 4.39 Å². The molecule has 1 aromatic carbocycles. The molecule has 0 aliphatic rings. The van der Waals surface area contributed by atoms with Crippen molar-refractivity contribution in [3.05, 3.63) is 53.1 Å². The summed E-state index contributed by atoms with van der Waals surface area (Å²) in [6.45, 7) is 4.53. The van der Waals surface area contributed by atoms with Gasteiger partial charge < -0.3 is 0 Å². The van der Waals surface area contributed by atoms with Gasteiger partial charge in [0.1, 0.15) is 11.5 Å². The van der Waals surface area contributed by atoms with Crippen LogP contribution in [0, 0.1) is 5.82 Å². The third-order valence-electron chi connectivity index (χ3n) is 2.81. The Labute approximate surface area is 105 Å². The molecule has 2 rings (SSSR count). The summed E-state index contributed by atoms with van der Waals surface area (Å²) in [6.07, 6.45) is 0.774. The first-order valence-electron chi connectivity index (χ1n) is 6.02. The molecule has 0 aliphatic carbocycles. The summed E-state index contributed by atoms with van der Waals surface area (Å²) in [5, 5.41) is 4.32. The van der Waals surface area contributed by atoms with Gasteiger partial charge in [0.05, 0.1) is 5.69 Å². The van der Waals surface area contributed by atoms with Gasteiger partial charge in [0.15, 0.2) is 0 Å². The molecule has 0 bridgehead atoms. The second-order valence-electron chi connectivity index (χ2n) is 4.03. The maximum Gasteiger partial charge on any atom is 0.211 e. The minimum absolute atomic E-state index is 0.191. The molecular weight excluding hydrogens is 231 g/mol. The first kappa shape index (κ1) is 12.5. The van der Waals surface area contributed by atoms with Crippen LogP contribution in [0.3, 0.4) is 0 Å². The largest absolute Gasteiger partial charge is 0.287 e. The molecule has 0 amide bonds. The van der Waals surface area contributed by atoms with E-state index in [1.54, 1.807) is 16.8 Å². The average Bonchev–Trinajstić information content (AvgIpc) is 2.81. The summed E-state index contributed by atoms with van der Waals surface area (Å²) in [5.74, 6) is -0.595. The second kappa shape index (κ2) is 5.12. The van der Waals surface area contributed by atoms with E-state index in [2.05, 4.69) is 5.10 Å². The highest BCUT2D eigenvalue weighted by Crippen LogP contribution is 2.13. The Morgan fingerprint density at radius 2 is 2.11 bits per heavy atom. The minimum atomic E-state index is -0.404. The van der Waals surface area contributed by atoms with Gasteiger partial charge >= 0.3 is 0 Å². The van der Waals surface area contributed by atoms with Crippen molar-refractivity contribution in [2.45, 2.75) is 26.8 Å². The van der Waals surface area contributed by atoms with Gasteiger partial charge in [0, 0.05) is 12.1 Å². The molecule has 1 heterocycles. The molecule has 0 N–H and O–H groups in total. The van der Waals surface area contributed by atoms with E-state index in [0.717, 1.165) is 12.1 Å². The number of aromatic nitrogens is 2. The minimum Gasteiger partial charge on any atom is -0.287 e. The first-order chi connectivity index (χ1) is 8.65. The van der Waals surface area contributed by atoms with Crippen molar-refractivity contribution in [2.75, 3.05) is 0 Å². The predicted molar refractivity (Wildman–Crippen MR) is 67.1 cm³/mol.